The van der Waals surface area contributed by atoms with E-state index in [1.54, 1.807) is 0 Å². The number of carbonyl (C=O) groups excluding carboxylic acids is 3. The maximum atomic E-state index is 12.8. The van der Waals surface area contributed by atoms with Crippen LogP contribution in [0, 0.1) is 0 Å². The van der Waals surface area contributed by atoms with Crippen molar-refractivity contribution in [3.8, 4) is 0 Å². The number of hydrogen-bond acceptors (Lipinski definition) is 6. The highest BCUT2D eigenvalue weighted by Crippen LogP contribution is 2.13. The third-order valence-electron chi connectivity index (χ3n) is 10.6. The lowest BCUT2D eigenvalue weighted by Crippen LogP contribution is -2.30. The van der Waals surface area contributed by atoms with E-state index in [-0.39, 0.29) is 37.5 Å². The molecule has 0 N–H and O–H groups in total. The van der Waals surface area contributed by atoms with Crippen molar-refractivity contribution in [2.24, 2.45) is 0 Å². The summed E-state index contributed by atoms with van der Waals surface area (Å²) in [6.45, 7) is 6.33. The lowest BCUT2D eigenvalue weighted by Gasteiger charge is -2.18. The first kappa shape index (κ1) is 59.3. The van der Waals surface area contributed by atoms with Crippen LogP contribution < -0.4 is 0 Å². The number of ether oxygens (including phenoxy) is 3. The molecule has 0 aromatic carbocycles. The summed E-state index contributed by atoms with van der Waals surface area (Å²) in [5.74, 6) is -0.987. The predicted octanol–water partition coefficient (Wildman–Crippen LogP) is 17.0. The fourth-order valence-electron chi connectivity index (χ4n) is 6.73. The topological polar surface area (TPSA) is 78.9 Å². The molecule has 0 aromatic heterocycles. The SMILES string of the molecule is CC/C=C\C/C=C\C/C=C\C/C=C\CCCCCC(=O)OC(COC(=O)CCCC/C=C\C/C=C\C/C=C\CC)COC(=O)CCCCCCCCC/C=C\CCCCCCCC. The van der Waals surface area contributed by atoms with Crippen molar-refractivity contribution in [3.63, 3.8) is 0 Å². The number of esters is 3. The maximum absolute atomic E-state index is 12.8. The first-order valence-electron chi connectivity index (χ1n) is 25.7. The second kappa shape index (κ2) is 51.0. The van der Waals surface area contributed by atoms with Gasteiger partial charge in [0.25, 0.3) is 0 Å². The summed E-state index contributed by atoms with van der Waals surface area (Å²) in [7, 11) is 0. The van der Waals surface area contributed by atoms with Crippen molar-refractivity contribution >= 4 is 17.9 Å². The third kappa shape index (κ3) is 49.2. The number of allylic oxidation sites excluding steroid dienone is 16. The minimum absolute atomic E-state index is 0.106. The van der Waals surface area contributed by atoms with Gasteiger partial charge in [0.1, 0.15) is 13.2 Å². The summed E-state index contributed by atoms with van der Waals surface area (Å²) in [5.41, 5.74) is 0. The monoisotopic (exact) mass is 875 g/mol. The third-order valence-corrected chi connectivity index (χ3v) is 10.6. The zero-order valence-corrected chi connectivity index (χ0v) is 40.8. The van der Waals surface area contributed by atoms with E-state index in [0.717, 1.165) is 109 Å². The van der Waals surface area contributed by atoms with Gasteiger partial charge in [-0.15, -0.1) is 0 Å². The van der Waals surface area contributed by atoms with Crippen LogP contribution in [0.15, 0.2) is 97.2 Å². The second-order valence-electron chi connectivity index (χ2n) is 16.7. The highest BCUT2D eigenvalue weighted by atomic mass is 16.6. The van der Waals surface area contributed by atoms with Crippen molar-refractivity contribution < 1.29 is 28.6 Å². The molecule has 1 unspecified atom stereocenters. The van der Waals surface area contributed by atoms with Crippen LogP contribution in [0.3, 0.4) is 0 Å². The second-order valence-corrected chi connectivity index (χ2v) is 16.7. The molecule has 358 valence electrons. The van der Waals surface area contributed by atoms with E-state index < -0.39 is 6.10 Å². The molecule has 0 aromatic rings. The van der Waals surface area contributed by atoms with Gasteiger partial charge in [0, 0.05) is 19.3 Å². The Kier molecular flexibility index (Phi) is 48.0. The molecule has 0 aliphatic carbocycles. The molecule has 6 heteroatoms. The fourth-order valence-corrected chi connectivity index (χ4v) is 6.73. The van der Waals surface area contributed by atoms with Gasteiger partial charge in [-0.2, -0.15) is 0 Å². The molecular weight excluding hydrogens is 781 g/mol. The number of unbranched alkanes of at least 4 members (excludes halogenated alkanes) is 18. The van der Waals surface area contributed by atoms with E-state index in [2.05, 4.69) is 118 Å². The Balaban J connectivity index is 4.48. The van der Waals surface area contributed by atoms with Gasteiger partial charge in [0.2, 0.25) is 0 Å². The van der Waals surface area contributed by atoms with Crippen LogP contribution in [0.1, 0.15) is 226 Å². The van der Waals surface area contributed by atoms with Gasteiger partial charge in [-0.05, 0) is 116 Å². The smallest absolute Gasteiger partial charge is 0.306 e. The Morgan fingerprint density at radius 1 is 0.333 bits per heavy atom. The van der Waals surface area contributed by atoms with Crippen LogP contribution in [0.5, 0.6) is 0 Å². The molecule has 0 saturated carbocycles. The van der Waals surface area contributed by atoms with Crippen LogP contribution in [-0.2, 0) is 28.6 Å². The zero-order valence-electron chi connectivity index (χ0n) is 40.8. The van der Waals surface area contributed by atoms with E-state index >= 15 is 0 Å². The summed E-state index contributed by atoms with van der Waals surface area (Å²) >= 11 is 0. The van der Waals surface area contributed by atoms with Crippen molar-refractivity contribution in [1.82, 2.24) is 0 Å². The molecule has 0 fully saturated rings. The standard InChI is InChI=1S/C57H94O6/c1-4-7-10-13-16-19-22-25-27-29-31-32-35-38-41-44-47-50-56(59)62-53-54(52-61-55(58)49-46-43-40-37-34-24-21-18-15-12-9-6-3)63-57(60)51-48-45-42-39-36-33-30-28-26-23-20-17-14-11-8-5-2/h8-9,11-12,17-18,20-21,25-28,33-34,36-37,54H,4-7,10,13-16,19,22-24,29-32,35,38-53H2,1-3H3/b11-8-,12-9-,20-17-,21-18-,27-25-,28-26-,36-33-,37-34-. The molecule has 6 nitrogen and oxygen atoms in total. The van der Waals surface area contributed by atoms with Gasteiger partial charge in [-0.1, -0.05) is 189 Å². The van der Waals surface area contributed by atoms with Gasteiger partial charge in [0.05, 0.1) is 0 Å². The van der Waals surface area contributed by atoms with E-state index in [9.17, 15) is 14.4 Å². The van der Waals surface area contributed by atoms with Crippen LogP contribution in [0.2, 0.25) is 0 Å². The Bertz CT molecular complexity index is 1280. The minimum Gasteiger partial charge on any atom is -0.462 e. The quantitative estimate of drug-likeness (QED) is 0.0262. The Morgan fingerprint density at radius 3 is 1.03 bits per heavy atom. The van der Waals surface area contributed by atoms with E-state index in [1.807, 2.05) is 0 Å². The minimum atomic E-state index is -0.811. The lowest BCUT2D eigenvalue weighted by molar-refractivity contribution is -0.167. The normalized spacial score (nSPS) is 12.9. The summed E-state index contributed by atoms with van der Waals surface area (Å²) in [5, 5.41) is 0. The van der Waals surface area contributed by atoms with Gasteiger partial charge in [-0.3, -0.25) is 14.4 Å². The number of hydrogen-bond donors (Lipinski definition) is 0. The molecule has 0 radical (unpaired) electrons. The average Bonchev–Trinajstić information content (AvgIpc) is 3.28. The van der Waals surface area contributed by atoms with Crippen molar-refractivity contribution in [3.05, 3.63) is 97.2 Å². The van der Waals surface area contributed by atoms with Gasteiger partial charge < -0.3 is 14.2 Å². The summed E-state index contributed by atoms with van der Waals surface area (Å²) in [6, 6.07) is 0. The van der Waals surface area contributed by atoms with Crippen molar-refractivity contribution in [2.45, 2.75) is 232 Å². The van der Waals surface area contributed by atoms with Crippen molar-refractivity contribution in [1.29, 1.82) is 0 Å². The average molecular weight is 875 g/mol. The fraction of sp³-hybridized carbons (Fsp3) is 0.667. The Morgan fingerprint density at radius 2 is 0.619 bits per heavy atom. The Hall–Kier alpha value is -3.67. The molecule has 0 rings (SSSR count). The van der Waals surface area contributed by atoms with Gasteiger partial charge in [0.15, 0.2) is 6.10 Å². The van der Waals surface area contributed by atoms with Crippen LogP contribution in [0.25, 0.3) is 0 Å². The maximum Gasteiger partial charge on any atom is 0.306 e. The number of rotatable bonds is 45. The summed E-state index contributed by atoms with van der Waals surface area (Å²) < 4.78 is 16.7. The summed E-state index contributed by atoms with van der Waals surface area (Å²) in [4.78, 5) is 37.9. The number of carbonyl (C=O) groups is 3. The van der Waals surface area contributed by atoms with E-state index in [1.165, 1.54) is 77.0 Å². The van der Waals surface area contributed by atoms with Gasteiger partial charge >= 0.3 is 17.9 Å². The molecular formula is C57H94O6. The predicted molar refractivity (Wildman–Crippen MR) is 270 cm³/mol. The van der Waals surface area contributed by atoms with Crippen LogP contribution in [0.4, 0.5) is 0 Å². The molecule has 0 amide bonds. The molecule has 0 saturated heterocycles. The molecule has 63 heavy (non-hydrogen) atoms. The molecule has 1 atom stereocenters. The first-order valence-corrected chi connectivity index (χ1v) is 25.7. The van der Waals surface area contributed by atoms with E-state index in [4.69, 9.17) is 14.2 Å². The molecule has 0 aliphatic heterocycles. The molecule has 0 aliphatic rings. The van der Waals surface area contributed by atoms with Crippen LogP contribution >= 0.6 is 0 Å². The molecule has 0 heterocycles. The molecule has 0 spiro atoms. The first-order chi connectivity index (χ1) is 31.0. The largest absolute Gasteiger partial charge is 0.462 e. The van der Waals surface area contributed by atoms with Gasteiger partial charge in [-0.25, -0.2) is 0 Å². The highest BCUT2D eigenvalue weighted by molar-refractivity contribution is 5.71. The van der Waals surface area contributed by atoms with Crippen molar-refractivity contribution in [2.75, 3.05) is 13.2 Å². The highest BCUT2D eigenvalue weighted by Gasteiger charge is 2.19. The molecule has 0 bridgehead atoms. The van der Waals surface area contributed by atoms with E-state index in [0.29, 0.717) is 12.8 Å². The van der Waals surface area contributed by atoms with Crippen LogP contribution in [-0.4, -0.2) is 37.2 Å². The lowest BCUT2D eigenvalue weighted by atomic mass is 10.1. The zero-order chi connectivity index (χ0) is 45.8. The summed E-state index contributed by atoms with van der Waals surface area (Å²) in [6.07, 6.45) is 66.8. The Labute approximate surface area is 387 Å².